The molecule has 0 spiro atoms. The number of hydrogen-bond donors (Lipinski definition) is 1. The number of rotatable bonds is 5. The number of alkyl carbamates (subject to hydrolysis) is 1. The number of ether oxygens (including phenoxy) is 1. The van der Waals surface area contributed by atoms with Gasteiger partial charge in [0.15, 0.2) is 0 Å². The SMILES string of the molecule is N#Cc1ccc(CN2CCC(NC(=O)OCc3ccccc3)C2=O)cc1. The average Bonchev–Trinajstić information content (AvgIpc) is 3.01. The third kappa shape index (κ3) is 4.39. The molecule has 2 aromatic rings. The van der Waals surface area contributed by atoms with Gasteiger partial charge in [-0.2, -0.15) is 5.26 Å². The van der Waals surface area contributed by atoms with Gasteiger partial charge in [0.25, 0.3) is 0 Å². The summed E-state index contributed by atoms with van der Waals surface area (Å²) in [5.74, 6) is -0.119. The van der Waals surface area contributed by atoms with Crippen molar-refractivity contribution >= 4 is 12.0 Å². The number of amides is 2. The van der Waals surface area contributed by atoms with Gasteiger partial charge >= 0.3 is 6.09 Å². The van der Waals surface area contributed by atoms with Crippen LogP contribution in [0.4, 0.5) is 4.79 Å². The molecule has 6 heteroatoms. The van der Waals surface area contributed by atoms with E-state index in [1.54, 1.807) is 17.0 Å². The Morgan fingerprint density at radius 2 is 1.88 bits per heavy atom. The van der Waals surface area contributed by atoms with Gasteiger partial charge in [-0.1, -0.05) is 42.5 Å². The number of nitriles is 1. The van der Waals surface area contributed by atoms with E-state index in [-0.39, 0.29) is 12.5 Å². The van der Waals surface area contributed by atoms with Crippen LogP contribution in [-0.4, -0.2) is 29.5 Å². The van der Waals surface area contributed by atoms with Crippen LogP contribution in [0.3, 0.4) is 0 Å². The van der Waals surface area contributed by atoms with Gasteiger partial charge in [-0.3, -0.25) is 4.79 Å². The van der Waals surface area contributed by atoms with Gasteiger partial charge in [0, 0.05) is 13.1 Å². The first kappa shape index (κ1) is 17.5. The molecule has 1 fully saturated rings. The van der Waals surface area contributed by atoms with Crippen LogP contribution < -0.4 is 5.32 Å². The molecular weight excluding hydrogens is 330 g/mol. The van der Waals surface area contributed by atoms with Crippen molar-refractivity contribution in [1.82, 2.24) is 10.2 Å². The fourth-order valence-corrected chi connectivity index (χ4v) is 2.84. The first-order valence-corrected chi connectivity index (χ1v) is 8.41. The van der Waals surface area contributed by atoms with Crippen LogP contribution in [-0.2, 0) is 22.7 Å². The Kier molecular flexibility index (Phi) is 5.49. The summed E-state index contributed by atoms with van der Waals surface area (Å²) in [6, 6.07) is 18.0. The summed E-state index contributed by atoms with van der Waals surface area (Å²) >= 11 is 0. The molecule has 26 heavy (non-hydrogen) atoms. The van der Waals surface area contributed by atoms with Crippen LogP contribution in [0.5, 0.6) is 0 Å². The minimum absolute atomic E-state index is 0.119. The van der Waals surface area contributed by atoms with Crippen molar-refractivity contribution in [3.05, 3.63) is 71.3 Å². The van der Waals surface area contributed by atoms with E-state index in [4.69, 9.17) is 10.00 Å². The summed E-state index contributed by atoms with van der Waals surface area (Å²) in [5.41, 5.74) is 2.43. The molecular formula is C20H19N3O3. The van der Waals surface area contributed by atoms with Crippen molar-refractivity contribution in [3.8, 4) is 6.07 Å². The third-order valence-corrected chi connectivity index (χ3v) is 4.26. The largest absolute Gasteiger partial charge is 0.445 e. The highest BCUT2D eigenvalue weighted by Crippen LogP contribution is 2.16. The van der Waals surface area contributed by atoms with Gasteiger partial charge in [0.2, 0.25) is 5.91 Å². The fraction of sp³-hybridized carbons (Fsp3) is 0.250. The molecule has 1 aliphatic rings. The molecule has 1 heterocycles. The number of hydrogen-bond acceptors (Lipinski definition) is 4. The maximum absolute atomic E-state index is 12.4. The lowest BCUT2D eigenvalue weighted by Crippen LogP contribution is -2.41. The van der Waals surface area contributed by atoms with Crippen molar-refractivity contribution in [2.24, 2.45) is 0 Å². The van der Waals surface area contributed by atoms with Crippen LogP contribution in [0, 0.1) is 11.3 Å². The Bertz CT molecular complexity index is 812. The molecule has 3 rings (SSSR count). The second-order valence-electron chi connectivity index (χ2n) is 6.12. The summed E-state index contributed by atoms with van der Waals surface area (Å²) in [5, 5.41) is 11.5. The topological polar surface area (TPSA) is 82.4 Å². The molecule has 0 aromatic heterocycles. The zero-order valence-corrected chi connectivity index (χ0v) is 14.2. The maximum atomic E-state index is 12.4. The second kappa shape index (κ2) is 8.17. The monoisotopic (exact) mass is 349 g/mol. The van der Waals surface area contributed by atoms with Crippen molar-refractivity contribution in [3.63, 3.8) is 0 Å². The van der Waals surface area contributed by atoms with E-state index in [0.717, 1.165) is 11.1 Å². The third-order valence-electron chi connectivity index (χ3n) is 4.26. The summed E-state index contributed by atoms with van der Waals surface area (Å²) < 4.78 is 5.17. The Morgan fingerprint density at radius 1 is 1.15 bits per heavy atom. The molecule has 1 N–H and O–H groups in total. The molecule has 1 atom stereocenters. The molecule has 1 saturated heterocycles. The Balaban J connectivity index is 1.48. The van der Waals surface area contributed by atoms with Crippen LogP contribution in [0.2, 0.25) is 0 Å². The number of carbonyl (C=O) groups excluding carboxylic acids is 2. The van der Waals surface area contributed by atoms with Crippen molar-refractivity contribution in [1.29, 1.82) is 5.26 Å². The van der Waals surface area contributed by atoms with Crippen molar-refractivity contribution < 1.29 is 14.3 Å². The van der Waals surface area contributed by atoms with Crippen molar-refractivity contribution in [2.45, 2.75) is 25.6 Å². The zero-order valence-electron chi connectivity index (χ0n) is 14.2. The van der Waals surface area contributed by atoms with Gasteiger partial charge < -0.3 is 15.0 Å². The summed E-state index contributed by atoms with van der Waals surface area (Å²) in [7, 11) is 0. The summed E-state index contributed by atoms with van der Waals surface area (Å²) in [4.78, 5) is 26.1. The van der Waals surface area contributed by atoms with Gasteiger partial charge in [-0.25, -0.2) is 4.79 Å². The van der Waals surface area contributed by atoms with Crippen LogP contribution in [0.1, 0.15) is 23.1 Å². The van der Waals surface area contributed by atoms with Crippen LogP contribution in [0.15, 0.2) is 54.6 Å². The van der Waals surface area contributed by atoms with E-state index in [1.165, 1.54) is 0 Å². The smallest absolute Gasteiger partial charge is 0.408 e. The summed E-state index contributed by atoms with van der Waals surface area (Å²) in [6.07, 6.45) is -0.0392. The zero-order chi connectivity index (χ0) is 18.4. The minimum atomic E-state index is -0.590. The lowest BCUT2D eigenvalue weighted by molar-refractivity contribution is -0.129. The molecule has 1 aliphatic heterocycles. The number of likely N-dealkylation sites (tertiary alicyclic amines) is 1. The maximum Gasteiger partial charge on any atom is 0.408 e. The number of carbonyl (C=O) groups is 2. The molecule has 0 bridgehead atoms. The predicted octanol–water partition coefficient (Wildman–Crippen LogP) is 2.59. The average molecular weight is 349 g/mol. The van der Waals surface area contributed by atoms with Crippen LogP contribution in [0.25, 0.3) is 0 Å². The Hall–Kier alpha value is -3.33. The molecule has 1 unspecified atom stereocenters. The Labute approximate surface area is 152 Å². The normalized spacial score (nSPS) is 16.2. The quantitative estimate of drug-likeness (QED) is 0.899. The molecule has 2 aromatic carbocycles. The molecule has 0 aliphatic carbocycles. The van der Waals surface area contributed by atoms with E-state index < -0.39 is 12.1 Å². The van der Waals surface area contributed by atoms with Crippen LogP contribution >= 0.6 is 0 Å². The molecule has 6 nitrogen and oxygen atoms in total. The predicted molar refractivity (Wildman–Crippen MR) is 94.7 cm³/mol. The molecule has 0 saturated carbocycles. The van der Waals surface area contributed by atoms with E-state index in [2.05, 4.69) is 11.4 Å². The standard InChI is InChI=1S/C20H19N3O3/c21-12-15-6-8-16(9-7-15)13-23-11-10-18(19(23)24)22-20(25)26-14-17-4-2-1-3-5-17/h1-9,18H,10-11,13-14H2,(H,22,25). The van der Waals surface area contributed by atoms with E-state index in [9.17, 15) is 9.59 Å². The second-order valence-corrected chi connectivity index (χ2v) is 6.12. The van der Waals surface area contributed by atoms with Gasteiger partial charge in [0.1, 0.15) is 12.6 Å². The first-order valence-electron chi connectivity index (χ1n) is 8.41. The van der Waals surface area contributed by atoms with E-state index >= 15 is 0 Å². The number of nitrogens with zero attached hydrogens (tertiary/aromatic N) is 2. The number of benzene rings is 2. The molecule has 132 valence electrons. The molecule has 0 radical (unpaired) electrons. The van der Waals surface area contributed by atoms with E-state index in [0.29, 0.717) is 25.1 Å². The first-order chi connectivity index (χ1) is 12.7. The van der Waals surface area contributed by atoms with Gasteiger partial charge in [0.05, 0.1) is 11.6 Å². The van der Waals surface area contributed by atoms with E-state index in [1.807, 2.05) is 42.5 Å². The minimum Gasteiger partial charge on any atom is -0.445 e. The Morgan fingerprint density at radius 3 is 2.58 bits per heavy atom. The fourth-order valence-electron chi connectivity index (χ4n) is 2.84. The lowest BCUT2D eigenvalue weighted by Gasteiger charge is -2.17. The summed E-state index contributed by atoms with van der Waals surface area (Å²) in [6.45, 7) is 1.20. The molecule has 2 amide bonds. The van der Waals surface area contributed by atoms with Gasteiger partial charge in [-0.05, 0) is 29.7 Å². The number of nitrogens with one attached hydrogen (secondary N) is 1. The van der Waals surface area contributed by atoms with Gasteiger partial charge in [-0.15, -0.1) is 0 Å². The lowest BCUT2D eigenvalue weighted by atomic mass is 10.1. The highest BCUT2D eigenvalue weighted by Gasteiger charge is 2.33. The van der Waals surface area contributed by atoms with Crippen molar-refractivity contribution in [2.75, 3.05) is 6.54 Å². The highest BCUT2D eigenvalue weighted by molar-refractivity contribution is 5.87. The highest BCUT2D eigenvalue weighted by atomic mass is 16.5.